The summed E-state index contributed by atoms with van der Waals surface area (Å²) in [6, 6.07) is 3.77. The molecule has 0 saturated carbocycles. The Morgan fingerprint density at radius 3 is 2.85 bits per heavy atom. The molecule has 2 N–H and O–H groups in total. The number of hydrazone groups is 1. The number of H-pyrrole nitrogens is 1. The van der Waals surface area contributed by atoms with Crippen molar-refractivity contribution in [1.82, 2.24) is 15.6 Å². The van der Waals surface area contributed by atoms with Crippen molar-refractivity contribution < 1.29 is 22.2 Å². The summed E-state index contributed by atoms with van der Waals surface area (Å²) in [6.45, 7) is 1.74. The van der Waals surface area contributed by atoms with Gasteiger partial charge in [0.05, 0.1) is 6.21 Å². The Morgan fingerprint density at radius 2 is 2.30 bits per heavy atom. The summed E-state index contributed by atoms with van der Waals surface area (Å²) >= 11 is 0. The molecule has 10 heteroatoms. The predicted molar refractivity (Wildman–Crippen MR) is 65.1 cm³/mol. The number of nitrogens with one attached hydrogen (secondary N) is 2. The Balaban J connectivity index is 2.00. The minimum Gasteiger partial charge on any atom is -0.742 e. The number of carbonyl (C=O) groups excluding carboxylic acids is 1. The highest BCUT2D eigenvalue weighted by Crippen LogP contribution is 2.11. The van der Waals surface area contributed by atoms with Gasteiger partial charge in [0.2, 0.25) is 5.09 Å². The number of aryl methyl sites for hydroxylation is 1. The van der Waals surface area contributed by atoms with Gasteiger partial charge in [0.25, 0.3) is 5.91 Å². The van der Waals surface area contributed by atoms with E-state index in [2.05, 4.69) is 20.7 Å². The van der Waals surface area contributed by atoms with Gasteiger partial charge in [-0.1, -0.05) is 0 Å². The van der Waals surface area contributed by atoms with E-state index in [9.17, 15) is 17.8 Å². The highest BCUT2D eigenvalue weighted by molar-refractivity contribution is 7.85. The molecule has 20 heavy (non-hydrogen) atoms. The van der Waals surface area contributed by atoms with E-state index in [0.717, 1.165) is 18.0 Å². The second-order valence-electron chi connectivity index (χ2n) is 3.75. The molecule has 0 aromatic carbocycles. The zero-order chi connectivity index (χ0) is 14.8. The summed E-state index contributed by atoms with van der Waals surface area (Å²) in [5.74, 6) is -0.535. The van der Waals surface area contributed by atoms with E-state index in [1.165, 1.54) is 12.1 Å². The molecule has 0 bridgehead atoms. The van der Waals surface area contributed by atoms with Crippen molar-refractivity contribution in [3.05, 3.63) is 35.3 Å². The molecule has 2 aromatic heterocycles. The summed E-state index contributed by atoms with van der Waals surface area (Å²) < 4.78 is 36.6. The topological polar surface area (TPSA) is 140 Å². The molecule has 2 aromatic rings. The van der Waals surface area contributed by atoms with Crippen LogP contribution in [0.4, 0.5) is 0 Å². The zero-order valence-electron chi connectivity index (χ0n) is 10.2. The minimum atomic E-state index is -4.64. The molecule has 9 nitrogen and oxygen atoms in total. The number of furan rings is 1. The van der Waals surface area contributed by atoms with Crippen molar-refractivity contribution in [3.63, 3.8) is 0 Å². The third-order valence-corrected chi connectivity index (χ3v) is 2.86. The lowest BCUT2D eigenvalue weighted by Gasteiger charge is -2.00. The lowest BCUT2D eigenvalue weighted by molar-refractivity contribution is 0.0950. The molecular weight excluding hydrogens is 288 g/mol. The maximum Gasteiger partial charge on any atom is 0.291 e. The van der Waals surface area contributed by atoms with Gasteiger partial charge in [-0.2, -0.15) is 10.2 Å². The number of aromatic nitrogens is 2. The van der Waals surface area contributed by atoms with Crippen LogP contribution in [-0.2, 0) is 10.1 Å². The van der Waals surface area contributed by atoms with Gasteiger partial charge < -0.3 is 8.97 Å². The molecule has 2 rings (SSSR count). The third kappa shape index (κ3) is 3.30. The van der Waals surface area contributed by atoms with Crippen molar-refractivity contribution in [2.75, 3.05) is 0 Å². The van der Waals surface area contributed by atoms with E-state index in [4.69, 9.17) is 4.42 Å². The first kappa shape index (κ1) is 14.0. The highest BCUT2D eigenvalue weighted by atomic mass is 32.2. The smallest absolute Gasteiger partial charge is 0.291 e. The summed E-state index contributed by atoms with van der Waals surface area (Å²) in [6.07, 6.45) is 1.06. The summed E-state index contributed by atoms with van der Waals surface area (Å²) in [5, 5.41) is 9.16. The van der Waals surface area contributed by atoms with Crippen LogP contribution in [0.1, 0.15) is 21.9 Å². The van der Waals surface area contributed by atoms with E-state index in [-0.39, 0.29) is 11.5 Å². The van der Waals surface area contributed by atoms with Crippen LogP contribution >= 0.6 is 0 Å². The number of hydrogen-bond donors (Lipinski definition) is 2. The SMILES string of the molecule is Cc1cc(C(=O)NN=Cc2ccc(S(=O)(=O)[O-])o2)n[nH]1. The second kappa shape index (κ2) is 5.27. The van der Waals surface area contributed by atoms with E-state index >= 15 is 0 Å². The van der Waals surface area contributed by atoms with Crippen LogP contribution < -0.4 is 5.43 Å². The van der Waals surface area contributed by atoms with Gasteiger partial charge in [-0.15, -0.1) is 0 Å². The van der Waals surface area contributed by atoms with Gasteiger partial charge in [0.15, 0.2) is 15.8 Å². The zero-order valence-corrected chi connectivity index (χ0v) is 11.0. The predicted octanol–water partition coefficient (Wildman–Crippen LogP) is -0.0209. The van der Waals surface area contributed by atoms with Gasteiger partial charge >= 0.3 is 0 Å². The van der Waals surface area contributed by atoms with Crippen LogP contribution in [0.5, 0.6) is 0 Å². The second-order valence-corrected chi connectivity index (χ2v) is 5.06. The summed E-state index contributed by atoms with van der Waals surface area (Å²) in [7, 11) is -4.64. The number of hydrogen-bond acceptors (Lipinski definition) is 7. The highest BCUT2D eigenvalue weighted by Gasteiger charge is 2.08. The van der Waals surface area contributed by atoms with Gasteiger partial charge in [-0.05, 0) is 25.1 Å². The molecule has 1 amide bonds. The Labute approximate surface area is 113 Å². The lowest BCUT2D eigenvalue weighted by atomic mass is 10.4. The third-order valence-electron chi connectivity index (χ3n) is 2.14. The average Bonchev–Trinajstić information content (AvgIpc) is 2.97. The average molecular weight is 297 g/mol. The quantitative estimate of drug-likeness (QED) is 0.461. The first-order chi connectivity index (χ1) is 9.36. The molecule has 0 aliphatic rings. The minimum absolute atomic E-state index is 0.0120. The fourth-order valence-electron chi connectivity index (χ4n) is 1.28. The van der Waals surface area contributed by atoms with Crippen LogP contribution in [0, 0.1) is 6.92 Å². The van der Waals surface area contributed by atoms with Gasteiger partial charge in [-0.3, -0.25) is 9.89 Å². The molecule has 2 heterocycles. The Kier molecular flexibility index (Phi) is 3.68. The number of nitrogens with zero attached hydrogens (tertiary/aromatic N) is 2. The van der Waals surface area contributed by atoms with Gasteiger partial charge in [-0.25, -0.2) is 13.8 Å². The molecule has 0 spiro atoms. The van der Waals surface area contributed by atoms with E-state index in [0.29, 0.717) is 0 Å². The van der Waals surface area contributed by atoms with Crippen molar-refractivity contribution >= 4 is 22.2 Å². The Bertz CT molecular complexity index is 758. The van der Waals surface area contributed by atoms with E-state index in [1.54, 1.807) is 6.92 Å². The molecule has 106 valence electrons. The summed E-state index contributed by atoms with van der Waals surface area (Å²) in [5.41, 5.74) is 3.04. The van der Waals surface area contributed by atoms with Crippen molar-refractivity contribution in [1.29, 1.82) is 0 Å². The number of rotatable bonds is 4. The number of aromatic amines is 1. The molecular formula is C10H9N4O5S-. The maximum atomic E-state index is 11.5. The fourth-order valence-corrected chi connectivity index (χ4v) is 1.72. The molecule has 0 fully saturated rings. The van der Waals surface area contributed by atoms with E-state index < -0.39 is 21.1 Å². The van der Waals surface area contributed by atoms with Crippen LogP contribution in [0.3, 0.4) is 0 Å². The molecule has 0 unspecified atom stereocenters. The van der Waals surface area contributed by atoms with E-state index in [1.807, 2.05) is 0 Å². The van der Waals surface area contributed by atoms with Gasteiger partial charge in [0.1, 0.15) is 5.76 Å². The largest absolute Gasteiger partial charge is 0.742 e. The lowest BCUT2D eigenvalue weighted by Crippen LogP contribution is -2.17. The maximum absolute atomic E-state index is 11.5. The first-order valence-corrected chi connectivity index (χ1v) is 6.68. The standard InChI is InChI=1S/C10H10N4O5S/c1-6-4-8(13-12-6)10(15)14-11-5-7-2-3-9(19-7)20(16,17)18/h2-5H,1H3,(H,12,13)(H,14,15)(H,16,17,18)/p-1. The molecule has 0 atom stereocenters. The van der Waals surface area contributed by atoms with Crippen LogP contribution in [0.2, 0.25) is 0 Å². The Morgan fingerprint density at radius 1 is 1.55 bits per heavy atom. The van der Waals surface area contributed by atoms with Crippen LogP contribution in [0.25, 0.3) is 0 Å². The van der Waals surface area contributed by atoms with Gasteiger partial charge in [0, 0.05) is 5.69 Å². The van der Waals surface area contributed by atoms with Crippen LogP contribution in [0.15, 0.2) is 32.8 Å². The van der Waals surface area contributed by atoms with Crippen LogP contribution in [-0.4, -0.2) is 35.3 Å². The Hall–Kier alpha value is -2.46. The number of amides is 1. The first-order valence-electron chi connectivity index (χ1n) is 5.27. The monoisotopic (exact) mass is 297 g/mol. The molecule has 0 aliphatic heterocycles. The molecule has 0 saturated heterocycles. The number of carbonyl (C=O) groups is 1. The van der Waals surface area contributed by atoms with Crippen molar-refractivity contribution in [2.24, 2.45) is 5.10 Å². The molecule has 0 aliphatic carbocycles. The summed E-state index contributed by atoms with van der Waals surface area (Å²) in [4.78, 5) is 11.5. The fraction of sp³-hybridized carbons (Fsp3) is 0.100. The normalized spacial score (nSPS) is 11.9. The van der Waals surface area contributed by atoms with Crippen molar-refractivity contribution in [3.8, 4) is 0 Å². The van der Waals surface area contributed by atoms with Crippen molar-refractivity contribution in [2.45, 2.75) is 12.0 Å². The molecule has 0 radical (unpaired) electrons.